The molecule has 0 spiro atoms. The van der Waals surface area contributed by atoms with Crippen LogP contribution in [0.2, 0.25) is 0 Å². The van der Waals surface area contributed by atoms with Gasteiger partial charge in [0.25, 0.3) is 5.91 Å². The van der Waals surface area contributed by atoms with Crippen molar-refractivity contribution < 1.29 is 27.9 Å². The summed E-state index contributed by atoms with van der Waals surface area (Å²) in [7, 11) is 0. The topological polar surface area (TPSA) is 72.5 Å². The molecule has 0 unspecified atom stereocenters. The fourth-order valence-corrected chi connectivity index (χ4v) is 1.74. The molecule has 0 atom stereocenters. The van der Waals surface area contributed by atoms with Crippen LogP contribution in [-0.2, 0) is 9.53 Å². The van der Waals surface area contributed by atoms with Crippen LogP contribution >= 0.6 is 0 Å². The van der Waals surface area contributed by atoms with Gasteiger partial charge in [0.05, 0.1) is 5.56 Å². The number of hydrogen-bond donors (Lipinski definition) is 1. The van der Waals surface area contributed by atoms with Gasteiger partial charge < -0.3 is 10.1 Å². The molecule has 2 aromatic rings. The summed E-state index contributed by atoms with van der Waals surface area (Å²) >= 11 is 0. The van der Waals surface area contributed by atoms with Gasteiger partial charge in [-0.05, 0) is 24.3 Å². The van der Waals surface area contributed by atoms with E-state index in [0.717, 1.165) is 12.1 Å². The average Bonchev–Trinajstić information content (AvgIpc) is 2.51. The first-order valence-corrected chi connectivity index (χ1v) is 6.46. The summed E-state index contributed by atoms with van der Waals surface area (Å²) in [6, 6.07) is 8.15. The minimum atomic E-state index is -0.840. The van der Waals surface area contributed by atoms with Crippen molar-refractivity contribution in [2.45, 2.75) is 0 Å². The molecule has 0 saturated heterocycles. The molecule has 0 radical (unpaired) electrons. The van der Waals surface area contributed by atoms with E-state index in [1.54, 1.807) is 0 Å². The molecule has 0 aliphatic carbocycles. The second kappa shape index (κ2) is 7.26. The van der Waals surface area contributed by atoms with Crippen LogP contribution in [0.25, 0.3) is 0 Å². The smallest absolute Gasteiger partial charge is 0.338 e. The number of esters is 1. The maximum Gasteiger partial charge on any atom is 0.338 e. The van der Waals surface area contributed by atoms with Crippen molar-refractivity contribution in [3.63, 3.8) is 0 Å². The number of anilines is 1. The highest BCUT2D eigenvalue weighted by molar-refractivity contribution is 5.95. The molecule has 0 bridgehead atoms. The molecule has 1 amide bonds. The van der Waals surface area contributed by atoms with Gasteiger partial charge in [-0.25, -0.2) is 13.6 Å². The van der Waals surface area contributed by atoms with E-state index in [-0.39, 0.29) is 11.3 Å². The molecule has 0 saturated carbocycles. The number of ether oxygens (including phenoxy) is 1. The molecule has 0 aliphatic heterocycles. The van der Waals surface area contributed by atoms with Crippen molar-refractivity contribution in [1.82, 2.24) is 0 Å². The van der Waals surface area contributed by atoms with Crippen LogP contribution < -0.4 is 5.32 Å². The van der Waals surface area contributed by atoms with E-state index in [1.165, 1.54) is 24.3 Å². The van der Waals surface area contributed by atoms with E-state index >= 15 is 0 Å². The van der Waals surface area contributed by atoms with Crippen LogP contribution in [0.4, 0.5) is 14.5 Å². The highest BCUT2D eigenvalue weighted by Crippen LogP contribution is 2.12. The molecule has 0 fully saturated rings. The Bertz CT molecular complexity index is 724. The van der Waals surface area contributed by atoms with Gasteiger partial charge in [-0.3, -0.25) is 9.59 Å². The molecule has 2 aromatic carbocycles. The first-order chi connectivity index (χ1) is 11.0. The summed E-state index contributed by atoms with van der Waals surface area (Å²) in [6.07, 6.45) is 0.626. The SMILES string of the molecule is O=Cc1ccc(C(=O)OCC(=O)Nc2cc(F)cc(F)c2)cc1. The Kier molecular flexibility index (Phi) is 5.14. The molecule has 0 heterocycles. The summed E-state index contributed by atoms with van der Waals surface area (Å²) in [5.41, 5.74) is 0.478. The first-order valence-electron chi connectivity index (χ1n) is 6.46. The van der Waals surface area contributed by atoms with Crippen molar-refractivity contribution in [2.75, 3.05) is 11.9 Å². The van der Waals surface area contributed by atoms with Crippen LogP contribution in [0.3, 0.4) is 0 Å². The van der Waals surface area contributed by atoms with E-state index in [9.17, 15) is 23.2 Å². The molecular formula is C16H11F2NO4. The molecule has 118 valence electrons. The minimum Gasteiger partial charge on any atom is -0.452 e. The molecule has 7 heteroatoms. The van der Waals surface area contributed by atoms with Crippen molar-refractivity contribution in [3.05, 3.63) is 65.2 Å². The Balaban J connectivity index is 1.90. The normalized spacial score (nSPS) is 10.0. The fourth-order valence-electron chi connectivity index (χ4n) is 1.74. The summed E-state index contributed by atoms with van der Waals surface area (Å²) in [5, 5.41) is 2.21. The number of hydrogen-bond acceptors (Lipinski definition) is 4. The lowest BCUT2D eigenvalue weighted by atomic mass is 10.1. The quantitative estimate of drug-likeness (QED) is 0.679. The number of amides is 1. The van der Waals surface area contributed by atoms with E-state index in [0.29, 0.717) is 17.9 Å². The van der Waals surface area contributed by atoms with Gasteiger partial charge in [0.1, 0.15) is 17.9 Å². The first kappa shape index (κ1) is 16.3. The maximum atomic E-state index is 13.0. The van der Waals surface area contributed by atoms with Crippen molar-refractivity contribution in [2.24, 2.45) is 0 Å². The maximum absolute atomic E-state index is 13.0. The Morgan fingerprint density at radius 3 is 2.22 bits per heavy atom. The van der Waals surface area contributed by atoms with Gasteiger partial charge in [0, 0.05) is 17.3 Å². The van der Waals surface area contributed by atoms with E-state index < -0.39 is 30.1 Å². The molecule has 1 N–H and O–H groups in total. The Labute approximate surface area is 129 Å². The molecular weight excluding hydrogens is 308 g/mol. The van der Waals surface area contributed by atoms with Crippen molar-refractivity contribution in [3.8, 4) is 0 Å². The summed E-state index contributed by atoms with van der Waals surface area (Å²) in [6.45, 7) is -0.619. The Morgan fingerprint density at radius 2 is 1.65 bits per heavy atom. The fraction of sp³-hybridized carbons (Fsp3) is 0.0625. The lowest BCUT2D eigenvalue weighted by molar-refractivity contribution is -0.119. The number of halogens is 2. The van der Waals surface area contributed by atoms with Crippen LogP contribution in [0.15, 0.2) is 42.5 Å². The molecule has 23 heavy (non-hydrogen) atoms. The highest BCUT2D eigenvalue weighted by Gasteiger charge is 2.11. The lowest BCUT2D eigenvalue weighted by Gasteiger charge is -2.07. The molecule has 0 aliphatic rings. The predicted molar refractivity (Wildman–Crippen MR) is 77.1 cm³/mol. The zero-order chi connectivity index (χ0) is 16.8. The van der Waals surface area contributed by atoms with Crippen molar-refractivity contribution >= 4 is 23.9 Å². The number of carbonyl (C=O) groups excluding carboxylic acids is 3. The third-order valence-corrected chi connectivity index (χ3v) is 2.76. The van der Waals surface area contributed by atoms with E-state index in [2.05, 4.69) is 5.32 Å². The lowest BCUT2D eigenvalue weighted by Crippen LogP contribution is -2.21. The number of carbonyl (C=O) groups is 3. The van der Waals surface area contributed by atoms with Crippen LogP contribution in [0.5, 0.6) is 0 Å². The summed E-state index contributed by atoms with van der Waals surface area (Å²) in [5.74, 6) is -3.18. The zero-order valence-corrected chi connectivity index (χ0v) is 11.7. The second-order valence-electron chi connectivity index (χ2n) is 4.52. The molecule has 5 nitrogen and oxygen atoms in total. The second-order valence-corrected chi connectivity index (χ2v) is 4.52. The number of rotatable bonds is 5. The van der Waals surface area contributed by atoms with Crippen LogP contribution in [0.1, 0.15) is 20.7 Å². The summed E-state index contributed by atoms with van der Waals surface area (Å²) < 4.78 is 30.7. The van der Waals surface area contributed by atoms with Gasteiger partial charge in [-0.2, -0.15) is 0 Å². The molecule has 2 rings (SSSR count). The van der Waals surface area contributed by atoms with Gasteiger partial charge in [0.15, 0.2) is 6.61 Å². The average molecular weight is 319 g/mol. The van der Waals surface area contributed by atoms with Gasteiger partial charge in [-0.1, -0.05) is 12.1 Å². The minimum absolute atomic E-state index is 0.0844. The van der Waals surface area contributed by atoms with Gasteiger partial charge in [0.2, 0.25) is 0 Å². The molecule has 0 aromatic heterocycles. The third-order valence-electron chi connectivity index (χ3n) is 2.76. The Hall–Kier alpha value is -3.09. The third kappa shape index (κ3) is 4.70. The monoisotopic (exact) mass is 319 g/mol. The number of nitrogens with one attached hydrogen (secondary N) is 1. The highest BCUT2D eigenvalue weighted by atomic mass is 19.1. The van der Waals surface area contributed by atoms with E-state index in [4.69, 9.17) is 4.74 Å². The largest absolute Gasteiger partial charge is 0.452 e. The van der Waals surface area contributed by atoms with Crippen LogP contribution in [-0.4, -0.2) is 24.8 Å². The van der Waals surface area contributed by atoms with Crippen molar-refractivity contribution in [1.29, 1.82) is 0 Å². The van der Waals surface area contributed by atoms with Crippen LogP contribution in [0, 0.1) is 11.6 Å². The predicted octanol–water partition coefficient (Wildman–Crippen LogP) is 2.57. The standard InChI is InChI=1S/C16H11F2NO4/c17-12-5-13(18)7-14(6-12)19-15(21)9-23-16(22)11-3-1-10(8-20)2-4-11/h1-8H,9H2,(H,19,21). The number of benzene rings is 2. The van der Waals surface area contributed by atoms with Gasteiger partial charge >= 0.3 is 5.97 Å². The Morgan fingerprint density at radius 1 is 1.04 bits per heavy atom. The van der Waals surface area contributed by atoms with Gasteiger partial charge in [-0.15, -0.1) is 0 Å². The van der Waals surface area contributed by atoms with E-state index in [1.807, 2.05) is 0 Å². The zero-order valence-electron chi connectivity index (χ0n) is 11.7. The summed E-state index contributed by atoms with van der Waals surface area (Å²) in [4.78, 5) is 33.8. The number of aldehydes is 1.